The first-order valence-electron chi connectivity index (χ1n) is 5.29. The van der Waals surface area contributed by atoms with Crippen LogP contribution in [0.5, 0.6) is 0 Å². The Labute approximate surface area is 92.5 Å². The minimum Gasteiger partial charge on any atom is -0.335 e. The van der Waals surface area contributed by atoms with Crippen LogP contribution in [0.25, 0.3) is 0 Å². The number of likely N-dealkylation sites (tertiary alicyclic amines) is 1. The molecule has 1 saturated heterocycles. The van der Waals surface area contributed by atoms with Gasteiger partial charge in [0.15, 0.2) is 0 Å². The molecule has 2 atom stereocenters. The van der Waals surface area contributed by atoms with E-state index in [1.54, 1.807) is 0 Å². The number of carbonyl (C=O) groups is 1. The summed E-state index contributed by atoms with van der Waals surface area (Å²) in [5.41, 5.74) is 0.425. The van der Waals surface area contributed by atoms with E-state index in [2.05, 4.69) is 33.0 Å². The van der Waals surface area contributed by atoms with Crippen molar-refractivity contribution in [3.8, 4) is 0 Å². The lowest BCUT2D eigenvalue weighted by Gasteiger charge is -2.28. The van der Waals surface area contributed by atoms with Crippen molar-refractivity contribution in [2.45, 2.75) is 25.3 Å². The number of hydrogen-bond acceptors (Lipinski definition) is 1. The smallest absolute Gasteiger partial charge is 0.230 e. The van der Waals surface area contributed by atoms with Crippen molar-refractivity contribution in [3.05, 3.63) is 12.2 Å². The first-order valence-corrected chi connectivity index (χ1v) is 6.41. The Bertz CT molecular complexity index is 308. The van der Waals surface area contributed by atoms with E-state index in [-0.39, 0.29) is 5.92 Å². The zero-order valence-corrected chi connectivity index (χ0v) is 9.66. The van der Waals surface area contributed by atoms with E-state index in [1.807, 2.05) is 0 Å². The minimum absolute atomic E-state index is 0.214. The molecule has 0 spiro atoms. The van der Waals surface area contributed by atoms with Crippen LogP contribution in [0.3, 0.4) is 0 Å². The summed E-state index contributed by atoms with van der Waals surface area (Å²) in [6, 6.07) is 0.420. The maximum absolute atomic E-state index is 11.8. The van der Waals surface area contributed by atoms with Crippen LogP contribution in [-0.4, -0.2) is 28.7 Å². The van der Waals surface area contributed by atoms with E-state index in [4.69, 9.17) is 0 Å². The zero-order chi connectivity index (χ0) is 9.76. The van der Waals surface area contributed by atoms with Crippen molar-refractivity contribution in [3.63, 3.8) is 0 Å². The van der Waals surface area contributed by atoms with Crippen molar-refractivity contribution in [2.24, 2.45) is 11.3 Å². The quantitative estimate of drug-likeness (QED) is 0.558. The van der Waals surface area contributed by atoms with Gasteiger partial charge in [-0.3, -0.25) is 4.79 Å². The van der Waals surface area contributed by atoms with E-state index in [1.165, 1.54) is 12.8 Å². The fraction of sp³-hybridized carbons (Fsp3) is 0.727. The summed E-state index contributed by atoms with van der Waals surface area (Å²) >= 11 is 3.56. The van der Waals surface area contributed by atoms with Gasteiger partial charge in [0.2, 0.25) is 5.91 Å². The fourth-order valence-corrected chi connectivity index (χ4v) is 3.28. The summed E-state index contributed by atoms with van der Waals surface area (Å²) in [5.74, 6) is 0.579. The Hall–Kier alpha value is -0.310. The standard InChI is InChI=1S/C11H14BrNO/c12-6-11(3-4-11)7-13-9-2-1-8(5-9)10(13)14/h1-2,8-9H,3-7H2. The van der Waals surface area contributed by atoms with Gasteiger partial charge in [-0.25, -0.2) is 0 Å². The molecule has 0 radical (unpaired) electrons. The molecule has 2 unspecified atom stereocenters. The van der Waals surface area contributed by atoms with E-state index < -0.39 is 0 Å². The second-order valence-electron chi connectivity index (χ2n) is 4.89. The number of rotatable bonds is 3. The first-order chi connectivity index (χ1) is 6.74. The summed E-state index contributed by atoms with van der Waals surface area (Å²) < 4.78 is 0. The molecule has 3 aliphatic rings. The van der Waals surface area contributed by atoms with Gasteiger partial charge < -0.3 is 4.90 Å². The number of fused-ring (bicyclic) bond motifs is 2. The summed E-state index contributed by atoms with van der Waals surface area (Å²) in [7, 11) is 0. The maximum atomic E-state index is 11.8. The molecule has 1 saturated carbocycles. The van der Waals surface area contributed by atoms with Crippen LogP contribution < -0.4 is 0 Å². The number of hydrogen-bond donors (Lipinski definition) is 0. The molecule has 76 valence electrons. The Morgan fingerprint density at radius 3 is 2.79 bits per heavy atom. The van der Waals surface area contributed by atoms with E-state index in [9.17, 15) is 4.79 Å². The lowest BCUT2D eigenvalue weighted by molar-refractivity contribution is -0.131. The van der Waals surface area contributed by atoms with Gasteiger partial charge in [0, 0.05) is 11.9 Å². The highest BCUT2D eigenvalue weighted by atomic mass is 79.9. The molecule has 0 aromatic heterocycles. The molecule has 3 heteroatoms. The van der Waals surface area contributed by atoms with E-state index in [0.29, 0.717) is 17.4 Å². The third-order valence-corrected chi connectivity index (χ3v) is 5.00. The number of nitrogens with zero attached hydrogens (tertiary/aromatic N) is 1. The number of halogens is 1. The Morgan fingerprint density at radius 1 is 1.50 bits per heavy atom. The predicted octanol–water partition coefficient (Wildman–Crippen LogP) is 1.95. The Kier molecular flexibility index (Phi) is 1.82. The van der Waals surface area contributed by atoms with Gasteiger partial charge in [-0.05, 0) is 24.7 Å². The molecule has 2 aliphatic carbocycles. The topological polar surface area (TPSA) is 20.3 Å². The molecule has 1 amide bonds. The Balaban J connectivity index is 1.74. The van der Waals surface area contributed by atoms with Gasteiger partial charge >= 0.3 is 0 Å². The van der Waals surface area contributed by atoms with Crippen LogP contribution >= 0.6 is 15.9 Å². The Morgan fingerprint density at radius 2 is 2.29 bits per heavy atom. The van der Waals surface area contributed by atoms with Gasteiger partial charge in [0.1, 0.15) is 0 Å². The van der Waals surface area contributed by atoms with Crippen LogP contribution in [-0.2, 0) is 4.79 Å². The zero-order valence-electron chi connectivity index (χ0n) is 8.08. The van der Waals surface area contributed by atoms with Crippen molar-refractivity contribution < 1.29 is 4.79 Å². The summed E-state index contributed by atoms with van der Waals surface area (Å²) in [6.07, 6.45) is 7.89. The molecule has 14 heavy (non-hydrogen) atoms. The highest BCUT2D eigenvalue weighted by Gasteiger charge is 2.49. The highest BCUT2D eigenvalue weighted by molar-refractivity contribution is 9.09. The second-order valence-corrected chi connectivity index (χ2v) is 5.45. The van der Waals surface area contributed by atoms with Crippen LogP contribution in [0.4, 0.5) is 0 Å². The molecule has 2 bridgehead atoms. The molecular weight excluding hydrogens is 242 g/mol. The molecule has 0 aromatic carbocycles. The van der Waals surface area contributed by atoms with Gasteiger partial charge in [0.25, 0.3) is 0 Å². The number of alkyl halides is 1. The normalized spacial score (nSPS) is 36.9. The third-order valence-electron chi connectivity index (χ3n) is 3.81. The van der Waals surface area contributed by atoms with Crippen molar-refractivity contribution >= 4 is 21.8 Å². The lowest BCUT2D eigenvalue weighted by Crippen LogP contribution is -2.39. The van der Waals surface area contributed by atoms with Crippen LogP contribution in [0.15, 0.2) is 12.2 Å². The van der Waals surface area contributed by atoms with Crippen molar-refractivity contribution in [1.29, 1.82) is 0 Å². The van der Waals surface area contributed by atoms with Crippen LogP contribution in [0.1, 0.15) is 19.3 Å². The molecule has 3 rings (SSSR count). The predicted molar refractivity (Wildman–Crippen MR) is 58.2 cm³/mol. The third kappa shape index (κ3) is 1.18. The largest absolute Gasteiger partial charge is 0.335 e. The summed E-state index contributed by atoms with van der Waals surface area (Å²) in [5, 5.41) is 1.05. The van der Waals surface area contributed by atoms with Gasteiger partial charge in [-0.15, -0.1) is 0 Å². The number of amides is 1. The van der Waals surface area contributed by atoms with E-state index in [0.717, 1.165) is 18.3 Å². The molecule has 1 aliphatic heterocycles. The first kappa shape index (κ1) is 8.96. The summed E-state index contributed by atoms with van der Waals surface area (Å²) in [6.45, 7) is 0.975. The van der Waals surface area contributed by atoms with Crippen LogP contribution in [0.2, 0.25) is 0 Å². The lowest BCUT2D eigenvalue weighted by atomic mass is 10.1. The molecular formula is C11H14BrNO. The number of carbonyl (C=O) groups excluding carboxylic acids is 1. The molecule has 1 heterocycles. The van der Waals surface area contributed by atoms with Gasteiger partial charge in [0.05, 0.1) is 12.0 Å². The molecule has 2 nitrogen and oxygen atoms in total. The average Bonchev–Trinajstić information content (AvgIpc) is 2.70. The second kappa shape index (κ2) is 2.84. The minimum atomic E-state index is 0.214. The van der Waals surface area contributed by atoms with Crippen molar-refractivity contribution in [2.75, 3.05) is 11.9 Å². The van der Waals surface area contributed by atoms with E-state index >= 15 is 0 Å². The van der Waals surface area contributed by atoms with Crippen LogP contribution in [0, 0.1) is 11.3 Å². The van der Waals surface area contributed by atoms with Gasteiger partial charge in [-0.1, -0.05) is 28.1 Å². The van der Waals surface area contributed by atoms with Crippen molar-refractivity contribution in [1.82, 2.24) is 4.90 Å². The molecule has 0 aromatic rings. The maximum Gasteiger partial charge on any atom is 0.230 e. The molecule has 0 N–H and O–H groups in total. The average molecular weight is 256 g/mol. The molecule has 2 fully saturated rings. The summed E-state index contributed by atoms with van der Waals surface area (Å²) in [4.78, 5) is 13.9. The monoisotopic (exact) mass is 255 g/mol. The highest BCUT2D eigenvalue weighted by Crippen LogP contribution is 2.49. The van der Waals surface area contributed by atoms with Gasteiger partial charge in [-0.2, -0.15) is 0 Å². The SMILES string of the molecule is O=C1C2C=CC(C2)N1CC1(CBr)CC1. The fourth-order valence-electron chi connectivity index (χ4n) is 2.54.